The molecular weight excluding hydrogens is 408 g/mol. The van der Waals surface area contributed by atoms with E-state index in [0.717, 1.165) is 11.3 Å². The molecule has 0 aromatic heterocycles. The van der Waals surface area contributed by atoms with Crippen molar-refractivity contribution in [3.63, 3.8) is 0 Å². The van der Waals surface area contributed by atoms with Crippen LogP contribution in [-0.4, -0.2) is 23.5 Å². The molecular formula is C29H24N2O2. The Morgan fingerprint density at radius 3 is 2.03 bits per heavy atom. The number of fused-ring (bicyclic) bond motifs is 5. The van der Waals surface area contributed by atoms with Crippen LogP contribution < -0.4 is 4.74 Å². The summed E-state index contributed by atoms with van der Waals surface area (Å²) in [5.41, 5.74) is 6.67. The van der Waals surface area contributed by atoms with Crippen molar-refractivity contribution in [2.75, 3.05) is 7.11 Å². The third kappa shape index (κ3) is 2.94. The molecule has 4 aromatic carbocycles. The van der Waals surface area contributed by atoms with E-state index < -0.39 is 5.54 Å². The van der Waals surface area contributed by atoms with Gasteiger partial charge in [-0.15, -0.1) is 0 Å². The fourth-order valence-electron chi connectivity index (χ4n) is 5.39. The molecule has 1 unspecified atom stereocenters. The number of phenolic OH excluding ortho intramolecular Hbond substituents is 1. The monoisotopic (exact) mass is 432 g/mol. The minimum atomic E-state index is -0.545. The number of ether oxygens (including phenoxy) is 1. The summed E-state index contributed by atoms with van der Waals surface area (Å²) >= 11 is 0. The summed E-state index contributed by atoms with van der Waals surface area (Å²) in [4.78, 5) is 7.57. The third-order valence-corrected chi connectivity index (χ3v) is 6.84. The van der Waals surface area contributed by atoms with Crippen molar-refractivity contribution in [2.24, 2.45) is 4.99 Å². The van der Waals surface area contributed by atoms with Gasteiger partial charge in [0.05, 0.1) is 19.5 Å². The van der Waals surface area contributed by atoms with E-state index in [-0.39, 0.29) is 11.8 Å². The lowest BCUT2D eigenvalue weighted by atomic mass is 9.78. The van der Waals surface area contributed by atoms with Gasteiger partial charge in [0.1, 0.15) is 17.0 Å². The number of phenols is 1. The van der Waals surface area contributed by atoms with E-state index in [0.29, 0.717) is 6.54 Å². The molecule has 0 bridgehead atoms. The highest BCUT2D eigenvalue weighted by atomic mass is 16.5. The molecule has 0 amide bonds. The molecule has 4 nitrogen and oxygen atoms in total. The van der Waals surface area contributed by atoms with Crippen LogP contribution in [0.25, 0.3) is 11.1 Å². The molecule has 4 aromatic rings. The molecule has 4 heteroatoms. The van der Waals surface area contributed by atoms with Gasteiger partial charge in [0.15, 0.2) is 0 Å². The van der Waals surface area contributed by atoms with Crippen molar-refractivity contribution in [3.8, 4) is 22.6 Å². The average Bonchev–Trinajstić information content (AvgIpc) is 3.37. The number of methoxy groups -OCH3 is 1. The zero-order valence-electron chi connectivity index (χ0n) is 18.3. The van der Waals surface area contributed by atoms with Gasteiger partial charge in [0.2, 0.25) is 0 Å². The van der Waals surface area contributed by atoms with Gasteiger partial charge in [-0.25, -0.2) is 0 Å². The second-order valence-corrected chi connectivity index (χ2v) is 8.62. The Balaban J connectivity index is 1.52. The Kier molecular flexibility index (Phi) is 4.47. The zero-order valence-corrected chi connectivity index (χ0v) is 18.3. The van der Waals surface area contributed by atoms with E-state index in [9.17, 15) is 5.11 Å². The highest BCUT2D eigenvalue weighted by Crippen LogP contribution is 2.59. The van der Waals surface area contributed by atoms with Gasteiger partial charge in [0.25, 0.3) is 0 Å². The highest BCUT2D eigenvalue weighted by molar-refractivity contribution is 5.84. The second-order valence-electron chi connectivity index (χ2n) is 8.62. The Bertz CT molecular complexity index is 1300. The Morgan fingerprint density at radius 2 is 1.42 bits per heavy atom. The smallest absolute Gasteiger partial charge is 0.138 e. The van der Waals surface area contributed by atoms with Crippen molar-refractivity contribution in [1.29, 1.82) is 0 Å². The maximum Gasteiger partial charge on any atom is 0.138 e. The summed E-state index contributed by atoms with van der Waals surface area (Å²) < 4.78 is 5.33. The van der Waals surface area contributed by atoms with Gasteiger partial charge in [-0.1, -0.05) is 72.8 Å². The minimum Gasteiger partial charge on any atom is -0.508 e. The quantitative estimate of drug-likeness (QED) is 0.436. The fraction of sp³-hybridized carbons (Fsp3) is 0.138. The van der Waals surface area contributed by atoms with Crippen LogP contribution in [0.2, 0.25) is 0 Å². The predicted octanol–water partition coefficient (Wildman–Crippen LogP) is 5.91. The first kappa shape index (κ1) is 19.6. The van der Waals surface area contributed by atoms with Crippen LogP contribution in [0, 0.1) is 0 Å². The van der Waals surface area contributed by atoms with Crippen molar-refractivity contribution in [1.82, 2.24) is 4.90 Å². The van der Waals surface area contributed by atoms with Crippen molar-refractivity contribution < 1.29 is 9.84 Å². The summed E-state index contributed by atoms with van der Waals surface area (Å²) in [7, 11) is 1.68. The molecule has 1 atom stereocenters. The highest BCUT2D eigenvalue weighted by Gasteiger charge is 2.53. The number of benzene rings is 4. The Morgan fingerprint density at radius 1 is 0.818 bits per heavy atom. The minimum absolute atomic E-state index is 0.0509. The van der Waals surface area contributed by atoms with E-state index in [4.69, 9.17) is 9.73 Å². The van der Waals surface area contributed by atoms with Crippen molar-refractivity contribution in [2.45, 2.75) is 18.1 Å². The largest absolute Gasteiger partial charge is 0.508 e. The molecule has 0 saturated heterocycles. The molecule has 1 heterocycles. The van der Waals surface area contributed by atoms with Gasteiger partial charge in [0, 0.05) is 6.54 Å². The molecule has 6 rings (SSSR count). The molecule has 2 aliphatic rings. The molecule has 1 N–H and O–H groups in total. The van der Waals surface area contributed by atoms with Gasteiger partial charge >= 0.3 is 0 Å². The van der Waals surface area contributed by atoms with Crippen LogP contribution in [0.3, 0.4) is 0 Å². The van der Waals surface area contributed by atoms with Crippen molar-refractivity contribution in [3.05, 3.63) is 119 Å². The first-order valence-corrected chi connectivity index (χ1v) is 11.1. The normalized spacial score (nSPS) is 17.2. The average molecular weight is 433 g/mol. The van der Waals surface area contributed by atoms with Crippen LogP contribution in [-0.2, 0) is 12.1 Å². The molecule has 1 spiro atoms. The first-order valence-electron chi connectivity index (χ1n) is 11.1. The lowest BCUT2D eigenvalue weighted by Crippen LogP contribution is -2.36. The molecule has 0 radical (unpaired) electrons. The third-order valence-electron chi connectivity index (χ3n) is 6.84. The number of aromatic hydroxyl groups is 1. The second kappa shape index (κ2) is 7.52. The summed E-state index contributed by atoms with van der Waals surface area (Å²) in [5.74, 6) is 1.11. The van der Waals surface area contributed by atoms with E-state index in [2.05, 4.69) is 65.6 Å². The fourth-order valence-corrected chi connectivity index (χ4v) is 5.39. The summed E-state index contributed by atoms with van der Waals surface area (Å²) in [5, 5.41) is 9.97. The molecule has 162 valence electrons. The van der Waals surface area contributed by atoms with Crippen LogP contribution in [0.1, 0.15) is 28.3 Å². The lowest BCUT2D eigenvalue weighted by molar-refractivity contribution is 0.263. The topological polar surface area (TPSA) is 45.1 Å². The molecule has 1 aliphatic heterocycles. The summed E-state index contributed by atoms with van der Waals surface area (Å²) in [6.07, 6.45) is 2.00. The predicted molar refractivity (Wildman–Crippen MR) is 131 cm³/mol. The number of rotatable bonds is 4. The number of nitrogens with zero attached hydrogens (tertiary/aromatic N) is 2. The van der Waals surface area contributed by atoms with E-state index in [1.807, 2.05) is 30.6 Å². The standard InChI is InChI=1S/C29H24N2O2/c1-33-23-16-10-20(11-17-23)18-31-19-30-29(28(31)21-12-14-22(32)15-13-21)26-8-4-2-6-24(26)25-7-3-5-9-27(25)29/h2-17,19,28,32H,18H2,1H3. The Labute approximate surface area is 193 Å². The lowest BCUT2D eigenvalue weighted by Gasteiger charge is -2.37. The van der Waals surface area contributed by atoms with Gasteiger partial charge in [-0.2, -0.15) is 0 Å². The van der Waals surface area contributed by atoms with Crippen LogP contribution in [0.5, 0.6) is 11.5 Å². The number of hydrogen-bond acceptors (Lipinski definition) is 4. The van der Waals surface area contributed by atoms with Gasteiger partial charge < -0.3 is 14.7 Å². The van der Waals surface area contributed by atoms with Crippen molar-refractivity contribution >= 4 is 6.34 Å². The van der Waals surface area contributed by atoms with Gasteiger partial charge in [-0.3, -0.25) is 4.99 Å². The van der Waals surface area contributed by atoms with E-state index >= 15 is 0 Å². The maximum atomic E-state index is 9.97. The number of hydrogen-bond donors (Lipinski definition) is 1. The SMILES string of the molecule is COc1ccc(CN2C=NC3(c4ccccc4-c4ccccc43)C2c2ccc(O)cc2)cc1. The van der Waals surface area contributed by atoms with Crippen LogP contribution >= 0.6 is 0 Å². The molecule has 0 saturated carbocycles. The first-order chi connectivity index (χ1) is 16.2. The maximum absolute atomic E-state index is 9.97. The Hall–Kier alpha value is -4.05. The summed E-state index contributed by atoms with van der Waals surface area (Å²) in [6, 6.07) is 32.9. The number of aliphatic imine (C=N–C) groups is 1. The van der Waals surface area contributed by atoms with Gasteiger partial charge in [-0.05, 0) is 57.6 Å². The van der Waals surface area contributed by atoms with Crippen LogP contribution in [0.4, 0.5) is 0 Å². The molecule has 1 aliphatic carbocycles. The zero-order chi connectivity index (χ0) is 22.4. The van der Waals surface area contributed by atoms with Crippen LogP contribution in [0.15, 0.2) is 102 Å². The van der Waals surface area contributed by atoms with E-state index in [1.54, 1.807) is 19.2 Å². The molecule has 0 fully saturated rings. The molecule has 33 heavy (non-hydrogen) atoms. The van der Waals surface area contributed by atoms with E-state index in [1.165, 1.54) is 27.8 Å². The summed E-state index contributed by atoms with van der Waals surface area (Å²) in [6.45, 7) is 0.713.